The van der Waals surface area contributed by atoms with Gasteiger partial charge in [-0.2, -0.15) is 5.26 Å². The third-order valence-corrected chi connectivity index (χ3v) is 4.01. The van der Waals surface area contributed by atoms with Gasteiger partial charge in [0.15, 0.2) is 5.03 Å². The molecule has 1 aliphatic rings. The third kappa shape index (κ3) is 3.17. The van der Waals surface area contributed by atoms with E-state index in [1.165, 1.54) is 18.3 Å². The summed E-state index contributed by atoms with van der Waals surface area (Å²) in [5, 5.41) is 11.7. The van der Waals surface area contributed by atoms with E-state index in [1.54, 1.807) is 0 Å². The second kappa shape index (κ2) is 6.11. The molecule has 1 aromatic rings. The molecular weight excluding hydrogens is 276 g/mol. The van der Waals surface area contributed by atoms with Crippen LogP contribution in [0.15, 0.2) is 23.4 Å². The van der Waals surface area contributed by atoms with Crippen molar-refractivity contribution in [1.29, 1.82) is 5.26 Å². The number of hydrogen-bond acceptors (Lipinski definition) is 5. The van der Waals surface area contributed by atoms with Crippen LogP contribution in [0.5, 0.6) is 0 Å². The van der Waals surface area contributed by atoms with Crippen LogP contribution in [0, 0.1) is 11.3 Å². The Morgan fingerprint density at radius 1 is 1.56 bits per heavy atom. The zero-order valence-corrected chi connectivity index (χ0v) is 11.1. The summed E-state index contributed by atoms with van der Waals surface area (Å²) in [5.41, 5.74) is 0.0611. The van der Waals surface area contributed by atoms with E-state index in [0.29, 0.717) is 6.54 Å². The van der Waals surface area contributed by atoms with Crippen LogP contribution in [0.3, 0.4) is 0 Å². The molecule has 0 spiro atoms. The van der Waals surface area contributed by atoms with Crippen LogP contribution in [0.4, 0.5) is 0 Å². The number of pyridine rings is 1. The van der Waals surface area contributed by atoms with E-state index in [1.807, 2.05) is 6.07 Å². The summed E-state index contributed by atoms with van der Waals surface area (Å²) >= 11 is 0. The second-order valence-electron chi connectivity index (χ2n) is 3.78. The Morgan fingerprint density at radius 3 is 2.94 bits per heavy atom. The quantitative estimate of drug-likeness (QED) is 0.817. The third-order valence-electron chi connectivity index (χ3n) is 2.53. The van der Waals surface area contributed by atoms with Crippen molar-refractivity contribution in [2.24, 2.45) is 0 Å². The molecule has 1 fully saturated rings. The molecule has 1 unspecified atom stereocenters. The monoisotopic (exact) mass is 288 g/mol. The van der Waals surface area contributed by atoms with Crippen molar-refractivity contribution in [2.45, 2.75) is 17.5 Å². The molecule has 0 amide bonds. The van der Waals surface area contributed by atoms with E-state index in [4.69, 9.17) is 5.26 Å². The Morgan fingerprint density at radius 2 is 2.33 bits per heavy atom. The minimum atomic E-state index is -3.71. The summed E-state index contributed by atoms with van der Waals surface area (Å²) in [5.74, 6) is 0. The Bertz CT molecular complexity index is 549. The van der Waals surface area contributed by atoms with Crippen molar-refractivity contribution < 1.29 is 8.42 Å². The number of nitrogens with one attached hydrogen (secondary N) is 2. The molecule has 0 radical (unpaired) electrons. The Balaban J connectivity index is 0.00000162. The molecule has 0 aromatic carbocycles. The van der Waals surface area contributed by atoms with E-state index < -0.39 is 10.0 Å². The number of sulfonamides is 1. The molecule has 1 atom stereocenters. The van der Waals surface area contributed by atoms with Gasteiger partial charge in [-0.25, -0.2) is 18.1 Å². The first-order valence-electron chi connectivity index (χ1n) is 5.21. The molecule has 1 aliphatic heterocycles. The predicted molar refractivity (Wildman–Crippen MR) is 67.8 cm³/mol. The summed E-state index contributed by atoms with van der Waals surface area (Å²) in [6, 6.07) is 4.67. The highest BCUT2D eigenvalue weighted by Crippen LogP contribution is 2.12. The van der Waals surface area contributed by atoms with Crippen LogP contribution >= 0.6 is 12.4 Å². The maximum atomic E-state index is 12.0. The summed E-state index contributed by atoms with van der Waals surface area (Å²) in [7, 11) is -3.71. The second-order valence-corrected chi connectivity index (χ2v) is 5.41. The Labute approximate surface area is 112 Å². The molecule has 2 rings (SSSR count). The van der Waals surface area contributed by atoms with Crippen LogP contribution in [0.25, 0.3) is 0 Å². The summed E-state index contributed by atoms with van der Waals surface area (Å²) in [4.78, 5) is 3.77. The predicted octanol–water partition coefficient (Wildman–Crippen LogP) is 0.0153. The number of halogens is 1. The molecule has 18 heavy (non-hydrogen) atoms. The highest BCUT2D eigenvalue weighted by Gasteiger charge is 2.25. The molecule has 0 aliphatic carbocycles. The lowest BCUT2D eigenvalue weighted by Crippen LogP contribution is -2.36. The zero-order chi connectivity index (χ0) is 12.3. The van der Waals surface area contributed by atoms with Gasteiger partial charge in [0.05, 0.1) is 5.56 Å². The molecule has 0 saturated carbocycles. The maximum Gasteiger partial charge on any atom is 0.259 e. The largest absolute Gasteiger partial charge is 0.315 e. The fourth-order valence-corrected chi connectivity index (χ4v) is 3.07. The molecule has 98 valence electrons. The van der Waals surface area contributed by atoms with Crippen LogP contribution < -0.4 is 10.0 Å². The van der Waals surface area contributed by atoms with E-state index in [-0.39, 0.29) is 29.0 Å². The van der Waals surface area contributed by atoms with Gasteiger partial charge in [-0.1, -0.05) is 0 Å². The standard InChI is InChI=1S/C10H12N4O2S.ClH/c11-6-8-2-1-4-13-10(8)17(15,16)14-9-3-5-12-7-9;/h1-2,4,9,12,14H,3,5,7H2;1H. The van der Waals surface area contributed by atoms with Gasteiger partial charge in [0.2, 0.25) is 0 Å². The van der Waals surface area contributed by atoms with Gasteiger partial charge in [-0.15, -0.1) is 12.4 Å². The zero-order valence-electron chi connectivity index (χ0n) is 9.46. The van der Waals surface area contributed by atoms with Crippen molar-refractivity contribution in [3.63, 3.8) is 0 Å². The van der Waals surface area contributed by atoms with Crippen molar-refractivity contribution in [3.8, 4) is 6.07 Å². The van der Waals surface area contributed by atoms with Crippen LogP contribution in [0.2, 0.25) is 0 Å². The number of rotatable bonds is 3. The Hall–Kier alpha value is -1.20. The lowest BCUT2D eigenvalue weighted by molar-refractivity contribution is 0.556. The van der Waals surface area contributed by atoms with Crippen LogP contribution in [-0.4, -0.2) is 32.5 Å². The van der Waals surface area contributed by atoms with Crippen molar-refractivity contribution in [1.82, 2.24) is 15.0 Å². The van der Waals surface area contributed by atoms with Crippen molar-refractivity contribution in [2.75, 3.05) is 13.1 Å². The van der Waals surface area contributed by atoms with E-state index in [2.05, 4.69) is 15.0 Å². The van der Waals surface area contributed by atoms with E-state index in [0.717, 1.165) is 13.0 Å². The smallest absolute Gasteiger partial charge is 0.259 e. The average Bonchev–Trinajstić information content (AvgIpc) is 2.81. The van der Waals surface area contributed by atoms with Gasteiger partial charge in [0, 0.05) is 18.8 Å². The Kier molecular flexibility index (Phi) is 5.04. The van der Waals surface area contributed by atoms with Crippen LogP contribution in [0.1, 0.15) is 12.0 Å². The first-order chi connectivity index (χ1) is 8.13. The van der Waals surface area contributed by atoms with Crippen molar-refractivity contribution >= 4 is 22.4 Å². The number of hydrogen-bond donors (Lipinski definition) is 2. The minimum absolute atomic E-state index is 0. The first kappa shape index (κ1) is 14.9. The molecule has 6 nitrogen and oxygen atoms in total. The van der Waals surface area contributed by atoms with Crippen LogP contribution in [-0.2, 0) is 10.0 Å². The fraction of sp³-hybridized carbons (Fsp3) is 0.400. The minimum Gasteiger partial charge on any atom is -0.315 e. The normalized spacial score (nSPS) is 18.9. The van der Waals surface area contributed by atoms with Gasteiger partial charge in [-0.3, -0.25) is 0 Å². The molecule has 1 aromatic heterocycles. The van der Waals surface area contributed by atoms with Gasteiger partial charge in [0.25, 0.3) is 10.0 Å². The highest BCUT2D eigenvalue weighted by molar-refractivity contribution is 7.89. The summed E-state index contributed by atoms with van der Waals surface area (Å²) in [6.45, 7) is 1.40. The molecule has 2 heterocycles. The van der Waals surface area contributed by atoms with Gasteiger partial charge in [0.1, 0.15) is 6.07 Å². The molecule has 1 saturated heterocycles. The van der Waals surface area contributed by atoms with Crippen molar-refractivity contribution in [3.05, 3.63) is 23.9 Å². The molecular formula is C10H13ClN4O2S. The fourth-order valence-electron chi connectivity index (χ4n) is 1.72. The van der Waals surface area contributed by atoms with Gasteiger partial charge < -0.3 is 5.32 Å². The van der Waals surface area contributed by atoms with E-state index in [9.17, 15) is 8.42 Å². The lowest BCUT2D eigenvalue weighted by atomic mass is 10.3. The summed E-state index contributed by atoms with van der Waals surface area (Å²) in [6.07, 6.45) is 2.11. The number of nitriles is 1. The average molecular weight is 289 g/mol. The van der Waals surface area contributed by atoms with Gasteiger partial charge in [-0.05, 0) is 25.1 Å². The molecule has 8 heteroatoms. The number of nitrogens with zero attached hydrogens (tertiary/aromatic N) is 2. The van der Waals surface area contributed by atoms with E-state index >= 15 is 0 Å². The lowest BCUT2D eigenvalue weighted by Gasteiger charge is -2.11. The first-order valence-corrected chi connectivity index (χ1v) is 6.70. The summed E-state index contributed by atoms with van der Waals surface area (Å²) < 4.78 is 26.6. The molecule has 0 bridgehead atoms. The highest BCUT2D eigenvalue weighted by atomic mass is 35.5. The SMILES string of the molecule is Cl.N#Cc1cccnc1S(=O)(=O)NC1CCNC1. The molecule has 2 N–H and O–H groups in total. The topological polar surface area (TPSA) is 94.9 Å². The van der Waals surface area contributed by atoms with Gasteiger partial charge >= 0.3 is 0 Å². The number of aromatic nitrogens is 1. The maximum absolute atomic E-state index is 12.0.